The highest BCUT2D eigenvalue weighted by molar-refractivity contribution is 5.82. The summed E-state index contributed by atoms with van der Waals surface area (Å²) in [6.07, 6.45) is -0.472. The summed E-state index contributed by atoms with van der Waals surface area (Å²) >= 11 is 0. The van der Waals surface area contributed by atoms with Gasteiger partial charge >= 0.3 is 12.1 Å². The lowest BCUT2D eigenvalue weighted by molar-refractivity contribution is -0.384. The van der Waals surface area contributed by atoms with Crippen molar-refractivity contribution in [2.75, 3.05) is 13.7 Å². The lowest BCUT2D eigenvalue weighted by Gasteiger charge is -2.38. The van der Waals surface area contributed by atoms with Gasteiger partial charge in [-0.3, -0.25) is 15.0 Å². The van der Waals surface area contributed by atoms with Gasteiger partial charge in [-0.2, -0.15) is 0 Å². The van der Waals surface area contributed by atoms with Gasteiger partial charge in [-0.05, 0) is 56.2 Å². The number of aliphatic hydroxyl groups is 1. The molecular weight excluding hydrogens is 460 g/mol. The van der Waals surface area contributed by atoms with Gasteiger partial charge in [0.1, 0.15) is 11.6 Å². The van der Waals surface area contributed by atoms with Crippen molar-refractivity contribution in [3.63, 3.8) is 0 Å². The minimum absolute atomic E-state index is 0.0522. The summed E-state index contributed by atoms with van der Waals surface area (Å²) in [5, 5.41) is 22.0. The fourth-order valence-corrected chi connectivity index (χ4v) is 4.02. The van der Waals surface area contributed by atoms with E-state index in [0.29, 0.717) is 11.3 Å². The predicted octanol–water partition coefficient (Wildman–Crippen LogP) is 3.05. The second kappa shape index (κ2) is 8.73. The molecule has 0 aromatic heterocycles. The smallest absolute Gasteiger partial charge is 0.411 e. The first-order valence-corrected chi connectivity index (χ1v) is 10.9. The number of methoxy groups -OCH3 is 1. The summed E-state index contributed by atoms with van der Waals surface area (Å²) in [6, 6.07) is 7.82. The van der Waals surface area contributed by atoms with Crippen molar-refractivity contribution >= 4 is 17.7 Å². The summed E-state index contributed by atoms with van der Waals surface area (Å²) in [4.78, 5) is 37.0. The first-order valence-electron chi connectivity index (χ1n) is 10.9. The van der Waals surface area contributed by atoms with Crippen LogP contribution < -0.4 is 9.47 Å². The lowest BCUT2D eigenvalue weighted by Crippen LogP contribution is -2.50. The second-order valence-electron chi connectivity index (χ2n) is 9.40. The van der Waals surface area contributed by atoms with Crippen molar-refractivity contribution < 1.29 is 38.6 Å². The Balaban J connectivity index is 1.64. The number of carbonyl (C=O) groups is 2. The Morgan fingerprint density at radius 1 is 1.17 bits per heavy atom. The van der Waals surface area contributed by atoms with Crippen LogP contribution in [0.5, 0.6) is 11.5 Å². The van der Waals surface area contributed by atoms with Gasteiger partial charge in [-0.15, -0.1) is 0 Å². The SMILES string of the molecule is COC(=O)C1Cc2cc3c(cc2CN1C(=O)OC(C)(C)C)OC(O)(c1ccc([N+](=O)[O-])cc1)CO3. The van der Waals surface area contributed by atoms with E-state index in [9.17, 15) is 24.8 Å². The molecule has 35 heavy (non-hydrogen) atoms. The van der Waals surface area contributed by atoms with E-state index in [1.165, 1.54) is 36.3 Å². The first kappa shape index (κ1) is 24.3. The zero-order chi connectivity index (χ0) is 25.5. The number of nitrogens with zero attached hydrogens (tertiary/aromatic N) is 2. The van der Waals surface area contributed by atoms with E-state index in [-0.39, 0.29) is 36.6 Å². The summed E-state index contributed by atoms with van der Waals surface area (Å²) in [7, 11) is 1.26. The van der Waals surface area contributed by atoms with Crippen LogP contribution in [0.4, 0.5) is 10.5 Å². The van der Waals surface area contributed by atoms with Crippen LogP contribution in [-0.4, -0.2) is 52.4 Å². The molecule has 2 aromatic carbocycles. The third-order valence-corrected chi connectivity index (χ3v) is 5.73. The monoisotopic (exact) mass is 486 g/mol. The number of hydrogen-bond acceptors (Lipinski definition) is 9. The van der Waals surface area contributed by atoms with Crippen molar-refractivity contribution in [2.24, 2.45) is 0 Å². The largest absolute Gasteiger partial charge is 0.482 e. The molecule has 11 heteroatoms. The molecular formula is C24H26N2O9. The molecule has 0 saturated carbocycles. The number of carbonyl (C=O) groups excluding carboxylic acids is 2. The van der Waals surface area contributed by atoms with Crippen LogP contribution in [0.15, 0.2) is 36.4 Å². The maximum atomic E-state index is 12.9. The van der Waals surface area contributed by atoms with Crippen LogP contribution in [0.2, 0.25) is 0 Å². The van der Waals surface area contributed by atoms with Crippen molar-refractivity contribution in [3.05, 3.63) is 63.2 Å². The van der Waals surface area contributed by atoms with E-state index < -0.39 is 34.4 Å². The molecule has 2 aliphatic rings. The number of nitro groups is 1. The molecule has 0 bridgehead atoms. The van der Waals surface area contributed by atoms with Crippen LogP contribution >= 0.6 is 0 Å². The highest BCUT2D eigenvalue weighted by atomic mass is 16.7. The van der Waals surface area contributed by atoms with E-state index in [1.54, 1.807) is 32.9 Å². The number of amides is 1. The first-order chi connectivity index (χ1) is 16.4. The number of fused-ring (bicyclic) bond motifs is 2. The molecule has 2 unspecified atom stereocenters. The molecule has 186 valence electrons. The summed E-state index contributed by atoms with van der Waals surface area (Å²) in [5.74, 6) is -1.84. The molecule has 2 aromatic rings. The third-order valence-electron chi connectivity index (χ3n) is 5.73. The Kier molecular flexibility index (Phi) is 6.05. The molecule has 2 aliphatic heterocycles. The van der Waals surface area contributed by atoms with Gasteiger partial charge in [0, 0.05) is 24.1 Å². The molecule has 0 saturated heterocycles. The number of rotatable bonds is 3. The Hall–Kier alpha value is -3.86. The molecule has 2 atom stereocenters. The summed E-state index contributed by atoms with van der Waals surface area (Å²) in [6.45, 7) is 5.00. The van der Waals surface area contributed by atoms with Crippen molar-refractivity contribution in [2.45, 2.75) is 51.2 Å². The van der Waals surface area contributed by atoms with E-state index >= 15 is 0 Å². The molecule has 0 aliphatic carbocycles. The number of esters is 1. The quantitative estimate of drug-likeness (QED) is 0.394. The van der Waals surface area contributed by atoms with Crippen LogP contribution in [0.3, 0.4) is 0 Å². The van der Waals surface area contributed by atoms with Gasteiger partial charge in [-0.1, -0.05) is 0 Å². The minimum atomic E-state index is -1.87. The second-order valence-corrected chi connectivity index (χ2v) is 9.40. The van der Waals surface area contributed by atoms with Gasteiger partial charge in [0.2, 0.25) is 0 Å². The molecule has 11 nitrogen and oxygen atoms in total. The van der Waals surface area contributed by atoms with Gasteiger partial charge in [0.25, 0.3) is 11.5 Å². The van der Waals surface area contributed by atoms with Crippen LogP contribution in [-0.2, 0) is 33.0 Å². The van der Waals surface area contributed by atoms with Gasteiger partial charge in [0.05, 0.1) is 18.6 Å². The predicted molar refractivity (Wildman–Crippen MR) is 121 cm³/mol. The van der Waals surface area contributed by atoms with Gasteiger partial charge in [-0.25, -0.2) is 9.59 Å². The summed E-state index contributed by atoms with van der Waals surface area (Å²) < 4.78 is 22.0. The molecule has 0 spiro atoms. The average molecular weight is 486 g/mol. The van der Waals surface area contributed by atoms with E-state index in [4.69, 9.17) is 18.9 Å². The Labute approximate surface area is 201 Å². The van der Waals surface area contributed by atoms with Crippen LogP contribution in [0.1, 0.15) is 37.5 Å². The number of benzene rings is 2. The van der Waals surface area contributed by atoms with E-state index in [1.807, 2.05) is 0 Å². The van der Waals surface area contributed by atoms with Crippen molar-refractivity contribution in [1.82, 2.24) is 4.90 Å². The minimum Gasteiger partial charge on any atom is -0.482 e. The fraction of sp³-hybridized carbons (Fsp3) is 0.417. The fourth-order valence-electron chi connectivity index (χ4n) is 4.02. The van der Waals surface area contributed by atoms with E-state index in [2.05, 4.69) is 0 Å². The summed E-state index contributed by atoms with van der Waals surface area (Å²) in [5.41, 5.74) is 0.861. The van der Waals surface area contributed by atoms with Gasteiger partial charge in [0.15, 0.2) is 18.1 Å². The number of ether oxygens (including phenoxy) is 4. The molecule has 1 N–H and O–H groups in total. The maximum Gasteiger partial charge on any atom is 0.411 e. The Morgan fingerprint density at radius 3 is 2.43 bits per heavy atom. The average Bonchev–Trinajstić information content (AvgIpc) is 2.80. The van der Waals surface area contributed by atoms with Crippen molar-refractivity contribution in [1.29, 1.82) is 0 Å². The van der Waals surface area contributed by atoms with Crippen LogP contribution in [0, 0.1) is 10.1 Å². The topological polar surface area (TPSA) is 138 Å². The Morgan fingerprint density at radius 2 is 1.83 bits per heavy atom. The number of non-ortho nitro benzene ring substituents is 1. The Bertz CT molecular complexity index is 1170. The highest BCUT2D eigenvalue weighted by Crippen LogP contribution is 2.42. The number of hydrogen-bond donors (Lipinski definition) is 1. The molecule has 0 radical (unpaired) electrons. The molecule has 0 fully saturated rings. The van der Waals surface area contributed by atoms with Crippen LogP contribution in [0.25, 0.3) is 0 Å². The normalized spacial score (nSPS) is 21.1. The van der Waals surface area contributed by atoms with E-state index in [0.717, 1.165) is 5.56 Å². The standard InChI is InChI=1S/C24H26N2O9/c1-23(2,3)35-22(28)25-12-15-11-20-19(10-14(15)9-18(25)21(27)32-4)33-13-24(29,34-20)16-5-7-17(8-6-16)26(30)31/h5-8,10-11,18,29H,9,12-13H2,1-4H3. The zero-order valence-corrected chi connectivity index (χ0v) is 19.8. The highest BCUT2D eigenvalue weighted by Gasteiger charge is 2.41. The third kappa shape index (κ3) is 4.85. The van der Waals surface area contributed by atoms with Crippen molar-refractivity contribution in [3.8, 4) is 11.5 Å². The molecule has 2 heterocycles. The molecule has 4 rings (SSSR count). The van der Waals surface area contributed by atoms with Gasteiger partial charge < -0.3 is 24.1 Å². The maximum absolute atomic E-state index is 12.9. The lowest BCUT2D eigenvalue weighted by atomic mass is 9.93. The zero-order valence-electron chi connectivity index (χ0n) is 19.8. The molecule has 1 amide bonds. The number of nitro benzene ring substituents is 1.